The number of aromatic nitrogens is 1. The molecule has 2 heterocycles. The van der Waals surface area contributed by atoms with Crippen LogP contribution >= 0.6 is 0 Å². The Morgan fingerprint density at radius 1 is 1.26 bits per heavy atom. The Labute approximate surface area is 106 Å². The van der Waals surface area contributed by atoms with Gasteiger partial charge in [0.15, 0.2) is 0 Å². The van der Waals surface area contributed by atoms with E-state index in [1.165, 1.54) is 0 Å². The highest BCUT2D eigenvalue weighted by molar-refractivity contribution is 5.98. The Morgan fingerprint density at radius 2 is 2.00 bits per heavy atom. The molecule has 0 unspecified atom stereocenters. The van der Waals surface area contributed by atoms with Gasteiger partial charge in [-0.2, -0.15) is 10.2 Å². The molecule has 0 aliphatic carbocycles. The maximum absolute atomic E-state index is 12.4. The summed E-state index contributed by atoms with van der Waals surface area (Å²) < 4.78 is 5.51. The van der Waals surface area contributed by atoms with Crippen LogP contribution < -0.4 is 16.9 Å². The molecule has 2 aromatic heterocycles. The van der Waals surface area contributed by atoms with E-state index in [4.69, 9.17) is 21.1 Å². The summed E-state index contributed by atoms with van der Waals surface area (Å²) in [5, 5.41) is 9.45. The van der Waals surface area contributed by atoms with E-state index in [0.29, 0.717) is 11.0 Å². The minimum atomic E-state index is -0.321. The van der Waals surface area contributed by atoms with Crippen molar-refractivity contribution >= 4 is 33.6 Å². The molecular weight excluding hydrogens is 244 g/mol. The van der Waals surface area contributed by atoms with Gasteiger partial charge < -0.3 is 15.9 Å². The zero-order valence-electron chi connectivity index (χ0n) is 9.68. The van der Waals surface area contributed by atoms with Crippen molar-refractivity contribution in [2.24, 2.45) is 0 Å². The molecule has 0 atom stereocenters. The van der Waals surface area contributed by atoms with Crippen LogP contribution in [0.3, 0.4) is 0 Å². The molecule has 3 rings (SSSR count). The third kappa shape index (κ3) is 1.42. The van der Waals surface area contributed by atoms with Crippen molar-refractivity contribution in [2.45, 2.75) is 0 Å². The van der Waals surface area contributed by atoms with E-state index >= 15 is 0 Å². The fourth-order valence-electron chi connectivity index (χ4n) is 1.99. The number of hydrogen-bond donors (Lipinski definition) is 2. The molecule has 0 aliphatic rings. The molecular formula is C13H8N4O2. The maximum Gasteiger partial charge on any atom is 0.234 e. The summed E-state index contributed by atoms with van der Waals surface area (Å²) in [7, 11) is 0. The van der Waals surface area contributed by atoms with E-state index in [9.17, 15) is 4.79 Å². The average molecular weight is 252 g/mol. The van der Waals surface area contributed by atoms with E-state index < -0.39 is 0 Å². The van der Waals surface area contributed by atoms with Gasteiger partial charge in [-0.1, -0.05) is 12.1 Å². The minimum absolute atomic E-state index is 0.00417. The monoisotopic (exact) mass is 252 g/mol. The lowest BCUT2D eigenvalue weighted by Crippen LogP contribution is -2.09. The summed E-state index contributed by atoms with van der Waals surface area (Å²) in [6.45, 7) is 0. The van der Waals surface area contributed by atoms with Crippen LogP contribution in [0.5, 0.6) is 0 Å². The SMILES string of the molecule is N#Cc1c(N)nc2oc3ccccc3c(=O)c2c1N. The number of nitrogens with two attached hydrogens (primary N) is 2. The number of rotatable bonds is 0. The summed E-state index contributed by atoms with van der Waals surface area (Å²) >= 11 is 0. The molecule has 0 spiro atoms. The lowest BCUT2D eigenvalue weighted by molar-refractivity contribution is 0.645. The quantitative estimate of drug-likeness (QED) is 0.583. The molecule has 4 N–H and O–H groups in total. The lowest BCUT2D eigenvalue weighted by Gasteiger charge is -2.06. The highest BCUT2D eigenvalue weighted by Gasteiger charge is 2.16. The fourth-order valence-corrected chi connectivity index (χ4v) is 1.99. The molecule has 19 heavy (non-hydrogen) atoms. The van der Waals surface area contributed by atoms with Gasteiger partial charge in [-0.15, -0.1) is 0 Å². The van der Waals surface area contributed by atoms with Gasteiger partial charge >= 0.3 is 0 Å². The predicted octanol–water partition coefficient (Wildman–Crippen LogP) is 1.38. The maximum atomic E-state index is 12.4. The smallest absolute Gasteiger partial charge is 0.234 e. The number of fused-ring (bicyclic) bond motifs is 2. The summed E-state index contributed by atoms with van der Waals surface area (Å²) in [4.78, 5) is 16.3. The molecule has 6 nitrogen and oxygen atoms in total. The van der Waals surface area contributed by atoms with Gasteiger partial charge in [0.25, 0.3) is 0 Å². The van der Waals surface area contributed by atoms with Gasteiger partial charge in [0, 0.05) is 0 Å². The predicted molar refractivity (Wildman–Crippen MR) is 71.3 cm³/mol. The summed E-state index contributed by atoms with van der Waals surface area (Å²) in [5.74, 6) is -0.0501. The summed E-state index contributed by atoms with van der Waals surface area (Å²) in [6, 6.07) is 8.58. The van der Waals surface area contributed by atoms with Crippen molar-refractivity contribution in [3.05, 3.63) is 40.1 Å². The van der Waals surface area contributed by atoms with Crippen LogP contribution in [0.25, 0.3) is 22.1 Å². The average Bonchev–Trinajstić information content (AvgIpc) is 2.39. The van der Waals surface area contributed by atoms with Crippen LogP contribution in [0.15, 0.2) is 33.5 Å². The third-order valence-electron chi connectivity index (χ3n) is 2.91. The third-order valence-corrected chi connectivity index (χ3v) is 2.91. The Hall–Kier alpha value is -3.07. The number of anilines is 2. The standard InChI is InChI=1S/C13H8N4O2/c14-5-7-10(15)9-11(18)6-3-1-2-4-8(6)19-13(9)17-12(7)16/h1-4H,(H4,15,16,17). The molecule has 6 heteroatoms. The highest BCUT2D eigenvalue weighted by Crippen LogP contribution is 2.26. The second kappa shape index (κ2) is 3.71. The van der Waals surface area contributed by atoms with Crippen molar-refractivity contribution < 1.29 is 4.42 Å². The minimum Gasteiger partial charge on any atom is -0.437 e. The van der Waals surface area contributed by atoms with Gasteiger partial charge in [0.05, 0.1) is 11.1 Å². The van der Waals surface area contributed by atoms with Crippen LogP contribution in [0.4, 0.5) is 11.5 Å². The topological polar surface area (TPSA) is 119 Å². The molecule has 92 valence electrons. The van der Waals surface area contributed by atoms with Gasteiger partial charge in [0.1, 0.15) is 28.4 Å². The highest BCUT2D eigenvalue weighted by atomic mass is 16.3. The first kappa shape index (κ1) is 11.0. The van der Waals surface area contributed by atoms with Crippen LogP contribution in [-0.2, 0) is 0 Å². The van der Waals surface area contributed by atoms with Crippen LogP contribution in [0.1, 0.15) is 5.56 Å². The van der Waals surface area contributed by atoms with E-state index in [0.717, 1.165) is 0 Å². The lowest BCUT2D eigenvalue weighted by atomic mass is 10.1. The van der Waals surface area contributed by atoms with Crippen molar-refractivity contribution in [3.8, 4) is 6.07 Å². The van der Waals surface area contributed by atoms with Crippen LogP contribution in [0, 0.1) is 11.3 Å². The normalized spacial score (nSPS) is 10.7. The molecule has 0 fully saturated rings. The molecule has 0 radical (unpaired) electrons. The number of nitrogens with zero attached hydrogens (tertiary/aromatic N) is 2. The van der Waals surface area contributed by atoms with Gasteiger partial charge in [-0.05, 0) is 12.1 Å². The molecule has 0 saturated carbocycles. The first-order chi connectivity index (χ1) is 9.13. The molecule has 0 bridgehead atoms. The zero-order valence-corrected chi connectivity index (χ0v) is 9.68. The van der Waals surface area contributed by atoms with Crippen molar-refractivity contribution in [2.75, 3.05) is 11.5 Å². The molecule has 3 aromatic rings. The van der Waals surface area contributed by atoms with Gasteiger partial charge in [-0.3, -0.25) is 4.79 Å². The molecule has 0 aliphatic heterocycles. The Balaban J connectivity index is 2.65. The number of benzene rings is 1. The Morgan fingerprint density at radius 3 is 2.74 bits per heavy atom. The van der Waals surface area contributed by atoms with E-state index in [1.807, 2.05) is 6.07 Å². The first-order valence-electron chi connectivity index (χ1n) is 5.44. The second-order valence-corrected chi connectivity index (χ2v) is 4.01. The fraction of sp³-hybridized carbons (Fsp3) is 0. The second-order valence-electron chi connectivity index (χ2n) is 4.01. The zero-order chi connectivity index (χ0) is 13.6. The number of nitrogen functional groups attached to an aromatic ring is 2. The van der Waals surface area contributed by atoms with Crippen molar-refractivity contribution in [1.29, 1.82) is 5.26 Å². The van der Waals surface area contributed by atoms with Crippen molar-refractivity contribution in [1.82, 2.24) is 4.98 Å². The largest absolute Gasteiger partial charge is 0.437 e. The number of pyridine rings is 1. The van der Waals surface area contributed by atoms with E-state index in [-0.39, 0.29) is 33.6 Å². The number of hydrogen-bond acceptors (Lipinski definition) is 6. The van der Waals surface area contributed by atoms with Crippen molar-refractivity contribution in [3.63, 3.8) is 0 Å². The number of para-hydroxylation sites is 1. The molecule has 0 saturated heterocycles. The van der Waals surface area contributed by atoms with E-state index in [1.54, 1.807) is 24.3 Å². The van der Waals surface area contributed by atoms with Gasteiger partial charge in [-0.25, -0.2) is 0 Å². The first-order valence-corrected chi connectivity index (χ1v) is 5.44. The Bertz CT molecular complexity index is 922. The number of nitriles is 1. The summed E-state index contributed by atoms with van der Waals surface area (Å²) in [5.41, 5.74) is 11.6. The molecule has 0 amide bonds. The van der Waals surface area contributed by atoms with E-state index in [2.05, 4.69) is 4.98 Å². The van der Waals surface area contributed by atoms with Gasteiger partial charge in [0.2, 0.25) is 11.1 Å². The van der Waals surface area contributed by atoms with Crippen LogP contribution in [-0.4, -0.2) is 4.98 Å². The Kier molecular flexibility index (Phi) is 2.16. The van der Waals surface area contributed by atoms with Crippen LogP contribution in [0.2, 0.25) is 0 Å². The molecule has 1 aromatic carbocycles. The summed E-state index contributed by atoms with van der Waals surface area (Å²) in [6.07, 6.45) is 0.